The van der Waals surface area contributed by atoms with Crippen molar-refractivity contribution in [2.75, 3.05) is 39.6 Å². The quantitative estimate of drug-likeness (QED) is 0.0377. The molecule has 0 aliphatic rings. The molecule has 0 heterocycles. The van der Waals surface area contributed by atoms with Crippen molar-refractivity contribution in [3.8, 4) is 0 Å². The van der Waals surface area contributed by atoms with Crippen LogP contribution in [0.1, 0.15) is 136 Å². The van der Waals surface area contributed by atoms with Crippen molar-refractivity contribution in [3.63, 3.8) is 0 Å². The van der Waals surface area contributed by atoms with Gasteiger partial charge < -0.3 is 38.0 Å². The first-order valence-corrected chi connectivity index (χ1v) is 23.9. The Bertz CT molecular complexity index is 2000. The van der Waals surface area contributed by atoms with E-state index in [0.29, 0.717) is 12.0 Å². The number of esters is 6. The molecule has 16 heteroatoms. The molecule has 69 heavy (non-hydrogen) atoms. The summed E-state index contributed by atoms with van der Waals surface area (Å²) in [4.78, 5) is 129. The summed E-state index contributed by atoms with van der Waals surface area (Å²) < 4.78 is 31.9. The van der Waals surface area contributed by atoms with Crippen molar-refractivity contribution in [2.45, 2.75) is 125 Å². The maximum absolute atomic E-state index is 14.3. The number of carbonyl (C=O) groups is 10. The fraction of sp³-hybridized carbons (Fsp3) is 0.585. The van der Waals surface area contributed by atoms with Gasteiger partial charge in [0.25, 0.3) is 0 Å². The normalized spacial score (nSPS) is 14.5. The lowest BCUT2D eigenvalue weighted by Gasteiger charge is -2.30. The average molecular weight is 965 g/mol. The number of carbonyl (C=O) groups excluding carboxylic acids is 10. The van der Waals surface area contributed by atoms with E-state index in [1.54, 1.807) is 45.9 Å². The van der Waals surface area contributed by atoms with Crippen LogP contribution in [0.15, 0.2) is 60.7 Å². The van der Waals surface area contributed by atoms with Gasteiger partial charge in [-0.3, -0.25) is 38.4 Å². The van der Waals surface area contributed by atoms with Gasteiger partial charge in [0.1, 0.15) is 24.0 Å². The molecule has 2 aromatic carbocycles. The Hall–Kier alpha value is -6.06. The van der Waals surface area contributed by atoms with Crippen molar-refractivity contribution < 1.29 is 76.4 Å². The molecule has 0 radical (unpaired) electrons. The molecule has 8 atom stereocenters. The van der Waals surface area contributed by atoms with Crippen LogP contribution in [0.25, 0.3) is 0 Å². The maximum Gasteiger partial charge on any atom is 0.309 e. The van der Waals surface area contributed by atoms with Gasteiger partial charge >= 0.3 is 35.8 Å². The van der Waals surface area contributed by atoms with E-state index in [4.69, 9.17) is 28.4 Å². The Morgan fingerprint density at radius 1 is 0.464 bits per heavy atom. The van der Waals surface area contributed by atoms with Crippen LogP contribution in [0, 0.1) is 35.5 Å². The minimum atomic E-state index is -1.12. The number of hydrogen-bond donors (Lipinski definition) is 0. The van der Waals surface area contributed by atoms with E-state index in [2.05, 4.69) is 0 Å². The smallest absolute Gasteiger partial charge is 0.309 e. The molecule has 0 spiro atoms. The van der Waals surface area contributed by atoms with Crippen LogP contribution in [0.5, 0.6) is 0 Å². The highest BCUT2D eigenvalue weighted by atomic mass is 16.6. The SMILES string of the molecule is CCOC(=O)CC(CC(C)C(=O)OCCCOC(=O)C(C)CC(CC(C)=O)C(=O)OCC(=O)C(CC(=O)OCC)C(CCC(c1ccccc1)C(CC(C)=O)C(=O)OCC)c1ccccc1)C(C)=O. The van der Waals surface area contributed by atoms with E-state index < -0.39 is 95.5 Å². The predicted octanol–water partition coefficient (Wildman–Crippen LogP) is 7.46. The lowest BCUT2D eigenvalue weighted by molar-refractivity contribution is -0.157. The second-order valence-corrected chi connectivity index (χ2v) is 17.4. The van der Waals surface area contributed by atoms with E-state index in [-0.39, 0.29) is 102 Å². The van der Waals surface area contributed by atoms with Gasteiger partial charge in [-0.2, -0.15) is 0 Å². The molecule has 0 aliphatic heterocycles. The molecule has 2 aromatic rings. The van der Waals surface area contributed by atoms with Gasteiger partial charge in [-0.25, -0.2) is 0 Å². The third-order valence-corrected chi connectivity index (χ3v) is 11.8. The summed E-state index contributed by atoms with van der Waals surface area (Å²) in [5.41, 5.74) is 1.50. The molecule has 0 aromatic heterocycles. The molecule has 0 N–H and O–H groups in total. The maximum atomic E-state index is 14.3. The molecule has 0 aliphatic carbocycles. The molecular formula is C53H72O16. The summed E-state index contributed by atoms with van der Waals surface area (Å²) in [5.74, 6) is -11.7. The van der Waals surface area contributed by atoms with E-state index in [1.807, 2.05) is 42.5 Å². The van der Waals surface area contributed by atoms with Gasteiger partial charge in [-0.15, -0.1) is 0 Å². The third-order valence-electron chi connectivity index (χ3n) is 11.8. The Kier molecular flexibility index (Phi) is 27.3. The number of benzene rings is 2. The van der Waals surface area contributed by atoms with Crippen LogP contribution >= 0.6 is 0 Å². The zero-order chi connectivity index (χ0) is 51.5. The Labute approximate surface area is 406 Å². The lowest BCUT2D eigenvalue weighted by atomic mass is 9.73. The predicted molar refractivity (Wildman–Crippen MR) is 252 cm³/mol. The number of hydrogen-bond acceptors (Lipinski definition) is 16. The molecule has 0 fully saturated rings. The summed E-state index contributed by atoms with van der Waals surface area (Å²) in [6.07, 6.45) is -0.210. The van der Waals surface area contributed by atoms with E-state index >= 15 is 0 Å². The van der Waals surface area contributed by atoms with Gasteiger partial charge in [-0.05, 0) is 90.2 Å². The average Bonchev–Trinajstić information content (AvgIpc) is 3.30. The first-order chi connectivity index (χ1) is 32.8. The molecule has 0 bridgehead atoms. The fourth-order valence-corrected chi connectivity index (χ4v) is 8.31. The summed E-state index contributed by atoms with van der Waals surface area (Å²) in [7, 11) is 0. The molecule has 380 valence electrons. The van der Waals surface area contributed by atoms with Crippen LogP contribution in [0.2, 0.25) is 0 Å². The van der Waals surface area contributed by atoms with Crippen LogP contribution < -0.4 is 0 Å². The molecule has 2 rings (SSSR count). The van der Waals surface area contributed by atoms with Crippen molar-refractivity contribution in [2.24, 2.45) is 35.5 Å². The molecule has 0 amide bonds. The Balaban J connectivity index is 2.21. The second-order valence-electron chi connectivity index (χ2n) is 17.4. The number of Topliss-reactive ketones (excluding diaryl/α,β-unsaturated/α-hetero) is 4. The first-order valence-electron chi connectivity index (χ1n) is 23.9. The minimum absolute atomic E-state index is 0.0532. The summed E-state index contributed by atoms with van der Waals surface area (Å²) >= 11 is 0. The van der Waals surface area contributed by atoms with Gasteiger partial charge in [0.15, 0.2) is 5.78 Å². The van der Waals surface area contributed by atoms with Gasteiger partial charge in [0, 0.05) is 31.1 Å². The Morgan fingerprint density at radius 2 is 0.913 bits per heavy atom. The highest BCUT2D eigenvalue weighted by Gasteiger charge is 2.37. The van der Waals surface area contributed by atoms with Crippen molar-refractivity contribution in [3.05, 3.63) is 71.8 Å². The number of ketones is 4. The van der Waals surface area contributed by atoms with E-state index in [9.17, 15) is 47.9 Å². The summed E-state index contributed by atoms with van der Waals surface area (Å²) in [6, 6.07) is 18.2. The first kappa shape index (κ1) is 59.1. The van der Waals surface area contributed by atoms with Crippen molar-refractivity contribution in [1.82, 2.24) is 0 Å². The zero-order valence-electron chi connectivity index (χ0n) is 41.5. The second kappa shape index (κ2) is 31.9. The highest BCUT2D eigenvalue weighted by molar-refractivity contribution is 5.90. The molecular weight excluding hydrogens is 893 g/mol. The summed E-state index contributed by atoms with van der Waals surface area (Å²) in [5, 5.41) is 0. The number of ether oxygens (including phenoxy) is 6. The molecule has 0 saturated carbocycles. The van der Waals surface area contributed by atoms with Crippen molar-refractivity contribution in [1.29, 1.82) is 0 Å². The molecule has 8 unspecified atom stereocenters. The monoisotopic (exact) mass is 964 g/mol. The van der Waals surface area contributed by atoms with Crippen molar-refractivity contribution >= 4 is 58.9 Å². The van der Waals surface area contributed by atoms with Gasteiger partial charge in [0.2, 0.25) is 0 Å². The Morgan fingerprint density at radius 3 is 1.36 bits per heavy atom. The standard InChI is InChI=1S/C53H72O16/c1-9-64-48(58)31-41(38(8)56)27-34(4)50(60)67-25-18-26-68-51(61)35(5)28-42(29-36(6)54)52(62)69-33-47(57)45(32-49(59)65-10-2)43(39-19-14-12-15-20-39)23-24-44(40-21-16-13-17-22-40)46(30-37(7)55)53(63)66-11-3/h12-17,19-22,34-35,41-46H,9-11,18,23-33H2,1-8H3. The topological polar surface area (TPSA) is 226 Å². The van der Waals surface area contributed by atoms with Crippen LogP contribution in [0.4, 0.5) is 0 Å². The lowest BCUT2D eigenvalue weighted by Crippen LogP contribution is -2.33. The van der Waals surface area contributed by atoms with Crippen LogP contribution in [-0.4, -0.2) is 98.6 Å². The largest absolute Gasteiger partial charge is 0.466 e. The van der Waals surface area contributed by atoms with Gasteiger partial charge in [-0.1, -0.05) is 74.5 Å². The van der Waals surface area contributed by atoms with Gasteiger partial charge in [0.05, 0.1) is 69.5 Å². The van der Waals surface area contributed by atoms with Crippen LogP contribution in [0.3, 0.4) is 0 Å². The zero-order valence-corrected chi connectivity index (χ0v) is 41.5. The highest BCUT2D eigenvalue weighted by Crippen LogP contribution is 2.40. The molecule has 0 saturated heterocycles. The molecule has 16 nitrogen and oxygen atoms in total. The van der Waals surface area contributed by atoms with E-state index in [1.165, 1.54) is 27.7 Å². The minimum Gasteiger partial charge on any atom is -0.466 e. The van der Waals surface area contributed by atoms with E-state index in [0.717, 1.165) is 5.56 Å². The third kappa shape index (κ3) is 21.8. The fourth-order valence-electron chi connectivity index (χ4n) is 8.31. The number of rotatable bonds is 34. The summed E-state index contributed by atoms with van der Waals surface area (Å²) in [6.45, 7) is 11.5. The van der Waals surface area contributed by atoms with Crippen LogP contribution in [-0.2, 0) is 76.4 Å².